The highest BCUT2D eigenvalue weighted by Crippen LogP contribution is 2.08. The van der Waals surface area contributed by atoms with Crippen LogP contribution in [0.1, 0.15) is 39.2 Å². The predicted molar refractivity (Wildman–Crippen MR) is 80.7 cm³/mol. The summed E-state index contributed by atoms with van der Waals surface area (Å²) in [5.74, 6) is -0.292. The predicted octanol–water partition coefficient (Wildman–Crippen LogP) is 3.73. The zero-order valence-corrected chi connectivity index (χ0v) is 12.2. The average Bonchev–Trinajstić information content (AvgIpc) is 2.40. The molecule has 0 radical (unpaired) electrons. The first-order valence-corrected chi connectivity index (χ1v) is 6.48. The van der Waals surface area contributed by atoms with E-state index in [2.05, 4.69) is 24.1 Å². The van der Waals surface area contributed by atoms with E-state index in [4.69, 9.17) is 5.41 Å². The second kappa shape index (κ2) is 10.00. The van der Waals surface area contributed by atoms with Gasteiger partial charge in [-0.1, -0.05) is 32.8 Å². The molecule has 0 saturated heterocycles. The minimum Gasteiger partial charge on any atom is -0.321 e. The number of amides is 1. The van der Waals surface area contributed by atoms with Crippen LogP contribution in [-0.2, 0) is 4.79 Å². The third kappa shape index (κ3) is 7.13. The quantitative estimate of drug-likeness (QED) is 0.640. The monoisotopic (exact) mass is 261 g/mol. The highest BCUT2D eigenvalue weighted by molar-refractivity contribution is 6.16. The Labute approximate surface area is 115 Å². The van der Waals surface area contributed by atoms with Crippen LogP contribution in [0.5, 0.6) is 0 Å². The number of hydrogen-bond acceptors (Lipinski definition) is 3. The van der Waals surface area contributed by atoms with Crippen LogP contribution in [0.3, 0.4) is 0 Å². The lowest BCUT2D eigenvalue weighted by Crippen LogP contribution is -2.15. The number of hydrogen-bond donors (Lipinski definition) is 2. The Kier molecular flexibility index (Phi) is 8.96. The molecule has 4 heteroatoms. The molecule has 1 amide bonds. The maximum atomic E-state index is 11.5. The minimum absolute atomic E-state index is 0.292. The van der Waals surface area contributed by atoms with E-state index in [9.17, 15) is 4.79 Å². The van der Waals surface area contributed by atoms with Crippen molar-refractivity contribution >= 4 is 17.8 Å². The van der Waals surface area contributed by atoms with Gasteiger partial charge >= 0.3 is 0 Å². The number of carbonyl (C=O) groups excluding carboxylic acids is 1. The summed E-state index contributed by atoms with van der Waals surface area (Å²) in [7, 11) is 0. The standard InChI is InChI=1S/C11H13N3O.C4H10/c1-3-9(5-12)11(15)14-10-4-8(2)6-13-7-10;1-3-4-2/h3-7,12H,1-2H3,(H,14,15);3-4H2,1-2H3/b9-3+,12-5?;. The fourth-order valence-electron chi connectivity index (χ4n) is 1.11. The van der Waals surface area contributed by atoms with Gasteiger partial charge in [-0.3, -0.25) is 9.78 Å². The molecule has 1 aromatic rings. The third-order valence-electron chi connectivity index (χ3n) is 2.36. The fourth-order valence-corrected chi connectivity index (χ4v) is 1.11. The van der Waals surface area contributed by atoms with Crippen molar-refractivity contribution in [2.75, 3.05) is 5.32 Å². The molecule has 2 N–H and O–H groups in total. The summed E-state index contributed by atoms with van der Waals surface area (Å²) in [5.41, 5.74) is 1.95. The molecule has 0 aliphatic carbocycles. The first-order chi connectivity index (χ1) is 9.08. The summed E-state index contributed by atoms with van der Waals surface area (Å²) >= 11 is 0. The summed E-state index contributed by atoms with van der Waals surface area (Å²) in [6.07, 6.45) is 8.54. The van der Waals surface area contributed by atoms with Gasteiger partial charge in [0.1, 0.15) is 0 Å². The van der Waals surface area contributed by atoms with E-state index >= 15 is 0 Å². The van der Waals surface area contributed by atoms with Crippen molar-refractivity contribution in [2.45, 2.75) is 40.5 Å². The highest BCUT2D eigenvalue weighted by atomic mass is 16.1. The molecule has 4 nitrogen and oxygen atoms in total. The number of carbonyl (C=O) groups is 1. The van der Waals surface area contributed by atoms with Crippen LogP contribution >= 0.6 is 0 Å². The maximum Gasteiger partial charge on any atom is 0.256 e. The van der Waals surface area contributed by atoms with E-state index in [0.717, 1.165) is 11.8 Å². The topological polar surface area (TPSA) is 65.8 Å². The molecule has 1 heterocycles. The summed E-state index contributed by atoms with van der Waals surface area (Å²) in [5, 5.41) is 9.69. The van der Waals surface area contributed by atoms with E-state index in [-0.39, 0.29) is 5.91 Å². The van der Waals surface area contributed by atoms with Crippen LogP contribution < -0.4 is 5.32 Å². The molecule has 0 atom stereocenters. The zero-order valence-electron chi connectivity index (χ0n) is 12.2. The van der Waals surface area contributed by atoms with Gasteiger partial charge in [0, 0.05) is 12.4 Å². The van der Waals surface area contributed by atoms with E-state index in [1.807, 2.05) is 13.0 Å². The van der Waals surface area contributed by atoms with Gasteiger partial charge in [0.2, 0.25) is 0 Å². The summed E-state index contributed by atoms with van der Waals surface area (Å²) < 4.78 is 0. The van der Waals surface area contributed by atoms with Crippen LogP contribution in [0.2, 0.25) is 0 Å². The van der Waals surface area contributed by atoms with Crippen LogP contribution in [0.15, 0.2) is 30.1 Å². The molecule has 0 spiro atoms. The lowest BCUT2D eigenvalue weighted by atomic mass is 10.2. The molecular formula is C15H23N3O. The number of pyridine rings is 1. The molecule has 19 heavy (non-hydrogen) atoms. The molecule has 1 rings (SSSR count). The van der Waals surface area contributed by atoms with Crippen LogP contribution in [0, 0.1) is 12.3 Å². The zero-order chi connectivity index (χ0) is 14.7. The lowest BCUT2D eigenvalue weighted by Gasteiger charge is -2.04. The number of unbranched alkanes of at least 4 members (excludes halogenated alkanes) is 1. The van der Waals surface area contributed by atoms with Crippen LogP contribution in [-0.4, -0.2) is 17.1 Å². The van der Waals surface area contributed by atoms with Gasteiger partial charge in [-0.05, 0) is 25.5 Å². The number of nitrogens with one attached hydrogen (secondary N) is 2. The Morgan fingerprint density at radius 1 is 1.37 bits per heavy atom. The van der Waals surface area contributed by atoms with Gasteiger partial charge < -0.3 is 10.7 Å². The largest absolute Gasteiger partial charge is 0.321 e. The minimum atomic E-state index is -0.292. The molecule has 0 unspecified atom stereocenters. The fraction of sp³-hybridized carbons (Fsp3) is 0.400. The molecular weight excluding hydrogens is 238 g/mol. The van der Waals surface area contributed by atoms with Crippen molar-refractivity contribution in [1.29, 1.82) is 5.41 Å². The molecule has 0 aliphatic heterocycles. The van der Waals surface area contributed by atoms with Gasteiger partial charge in [-0.15, -0.1) is 0 Å². The van der Waals surface area contributed by atoms with E-state index in [1.165, 1.54) is 12.8 Å². The molecule has 0 bridgehead atoms. The van der Waals surface area contributed by atoms with Gasteiger partial charge in [0.05, 0.1) is 17.5 Å². The lowest BCUT2D eigenvalue weighted by molar-refractivity contribution is -0.112. The molecule has 0 fully saturated rings. The van der Waals surface area contributed by atoms with Gasteiger partial charge in [-0.25, -0.2) is 0 Å². The van der Waals surface area contributed by atoms with Crippen molar-refractivity contribution in [3.63, 3.8) is 0 Å². The maximum absolute atomic E-state index is 11.5. The van der Waals surface area contributed by atoms with Crippen molar-refractivity contribution in [3.8, 4) is 0 Å². The van der Waals surface area contributed by atoms with Crippen LogP contribution in [0.4, 0.5) is 5.69 Å². The van der Waals surface area contributed by atoms with E-state index < -0.39 is 0 Å². The number of anilines is 1. The Bertz CT molecular complexity index is 437. The summed E-state index contributed by atoms with van der Waals surface area (Å²) in [6, 6.07) is 1.82. The van der Waals surface area contributed by atoms with Crippen LogP contribution in [0.25, 0.3) is 0 Å². The van der Waals surface area contributed by atoms with Crippen molar-refractivity contribution in [1.82, 2.24) is 4.98 Å². The number of rotatable bonds is 4. The summed E-state index contributed by atoms with van der Waals surface area (Å²) in [4.78, 5) is 15.5. The van der Waals surface area contributed by atoms with E-state index in [0.29, 0.717) is 11.3 Å². The Balaban J connectivity index is 0.000000711. The smallest absolute Gasteiger partial charge is 0.256 e. The second-order valence-corrected chi connectivity index (χ2v) is 4.09. The number of nitrogens with zero attached hydrogens (tertiary/aromatic N) is 1. The Hall–Kier alpha value is -1.97. The molecule has 0 aliphatic rings. The van der Waals surface area contributed by atoms with Gasteiger partial charge in [-0.2, -0.15) is 0 Å². The SMILES string of the molecule is C/C=C(\C=N)C(=O)Nc1cncc(C)c1.CCCC. The Morgan fingerprint density at radius 2 is 2.00 bits per heavy atom. The first kappa shape index (κ1) is 17.0. The molecule has 0 saturated carbocycles. The van der Waals surface area contributed by atoms with Gasteiger partial charge in [0.25, 0.3) is 5.91 Å². The molecule has 1 aromatic heterocycles. The summed E-state index contributed by atoms with van der Waals surface area (Å²) in [6.45, 7) is 7.98. The van der Waals surface area contributed by atoms with Crippen molar-refractivity contribution in [2.24, 2.45) is 0 Å². The number of aromatic nitrogens is 1. The normalized spacial score (nSPS) is 10.2. The van der Waals surface area contributed by atoms with Crippen molar-refractivity contribution < 1.29 is 4.79 Å². The number of allylic oxidation sites excluding steroid dienone is 1. The first-order valence-electron chi connectivity index (χ1n) is 6.48. The molecule has 104 valence electrons. The van der Waals surface area contributed by atoms with Gasteiger partial charge in [0.15, 0.2) is 0 Å². The second-order valence-electron chi connectivity index (χ2n) is 4.09. The number of aryl methyl sites for hydroxylation is 1. The Morgan fingerprint density at radius 3 is 2.42 bits per heavy atom. The van der Waals surface area contributed by atoms with E-state index in [1.54, 1.807) is 25.4 Å². The van der Waals surface area contributed by atoms with Crippen molar-refractivity contribution in [3.05, 3.63) is 35.7 Å². The third-order valence-corrected chi connectivity index (χ3v) is 2.36. The molecule has 0 aromatic carbocycles. The highest BCUT2D eigenvalue weighted by Gasteiger charge is 2.05. The average molecular weight is 261 g/mol.